The van der Waals surface area contributed by atoms with E-state index in [0.29, 0.717) is 17.4 Å². The van der Waals surface area contributed by atoms with Gasteiger partial charge in [0.25, 0.3) is 0 Å². The summed E-state index contributed by atoms with van der Waals surface area (Å²) in [5.41, 5.74) is 0. The van der Waals surface area contributed by atoms with Crippen molar-refractivity contribution >= 4 is 13.7 Å². The van der Waals surface area contributed by atoms with E-state index in [1.165, 1.54) is 161 Å². The molecule has 0 radical (unpaired) electrons. The zero-order valence-corrected chi connectivity index (χ0v) is 56.0. The van der Waals surface area contributed by atoms with E-state index in [0.717, 1.165) is 103 Å². The Labute approximate surface area is 519 Å². The number of nitrogens with zero attached hydrogens (tertiary/aromatic N) is 1. The molecule has 0 aromatic heterocycles. The number of aliphatic hydroxyl groups is 1. The molecule has 8 nitrogen and oxygen atoms in total. The van der Waals surface area contributed by atoms with Crippen LogP contribution >= 0.6 is 7.82 Å². The van der Waals surface area contributed by atoms with Gasteiger partial charge >= 0.3 is 7.82 Å². The Kier molecular flexibility index (Phi) is 61.6. The van der Waals surface area contributed by atoms with Crippen molar-refractivity contribution in [2.75, 3.05) is 40.9 Å². The maximum absolute atomic E-state index is 13.0. The van der Waals surface area contributed by atoms with Crippen LogP contribution in [0.3, 0.4) is 0 Å². The molecule has 3 N–H and O–H groups in total. The van der Waals surface area contributed by atoms with Gasteiger partial charge in [-0.05, 0) is 109 Å². The van der Waals surface area contributed by atoms with Crippen LogP contribution in [0.2, 0.25) is 0 Å². The van der Waals surface area contributed by atoms with Gasteiger partial charge in [-0.2, -0.15) is 0 Å². The fraction of sp³-hybridized carbons (Fsp3) is 0.693. The van der Waals surface area contributed by atoms with Gasteiger partial charge in [0, 0.05) is 6.42 Å². The number of amides is 1. The van der Waals surface area contributed by atoms with Crippen molar-refractivity contribution in [3.63, 3.8) is 0 Å². The summed E-state index contributed by atoms with van der Waals surface area (Å²) in [6, 6.07) is -0.883. The summed E-state index contributed by atoms with van der Waals surface area (Å²) in [4.78, 5) is 23.4. The molecule has 0 saturated heterocycles. The molecule has 0 aliphatic heterocycles. The quantitative estimate of drug-likeness (QED) is 0.0243. The normalized spacial score (nSPS) is 14.5. The average Bonchev–Trinajstić information content (AvgIpc) is 3.56. The van der Waals surface area contributed by atoms with E-state index in [9.17, 15) is 19.4 Å². The minimum Gasteiger partial charge on any atom is -0.387 e. The number of hydrogen-bond acceptors (Lipinski definition) is 5. The highest BCUT2D eigenvalue weighted by atomic mass is 31.2. The van der Waals surface area contributed by atoms with Gasteiger partial charge in [-0.25, -0.2) is 4.57 Å². The van der Waals surface area contributed by atoms with Crippen molar-refractivity contribution in [3.05, 3.63) is 134 Å². The fourth-order valence-electron chi connectivity index (χ4n) is 9.50. The van der Waals surface area contributed by atoms with Gasteiger partial charge in [-0.1, -0.05) is 302 Å². The summed E-state index contributed by atoms with van der Waals surface area (Å²) in [6.07, 6.45) is 97.4. The molecule has 9 heteroatoms. The Balaban J connectivity index is 4.20. The number of rotatable bonds is 62. The van der Waals surface area contributed by atoms with Gasteiger partial charge < -0.3 is 19.8 Å². The molecule has 3 atom stereocenters. The lowest BCUT2D eigenvalue weighted by atomic mass is 10.0. The molecule has 0 aromatic rings. The molecular weight excluding hydrogens is 1060 g/mol. The number of carbonyl (C=O) groups excluding carboxylic acids is 1. The highest BCUT2D eigenvalue weighted by Gasteiger charge is 2.28. The lowest BCUT2D eigenvalue weighted by Crippen LogP contribution is -2.45. The molecule has 0 fully saturated rings. The van der Waals surface area contributed by atoms with E-state index in [1.54, 1.807) is 6.08 Å². The number of phosphoric acid groups is 1. The summed E-state index contributed by atoms with van der Waals surface area (Å²) in [6.45, 7) is 4.68. The minimum absolute atomic E-state index is 0.0464. The van der Waals surface area contributed by atoms with E-state index >= 15 is 0 Å². The second-order valence-electron chi connectivity index (χ2n) is 24.2. The van der Waals surface area contributed by atoms with Crippen LogP contribution in [-0.4, -0.2) is 73.4 Å². The summed E-state index contributed by atoms with van der Waals surface area (Å²) in [7, 11) is 1.53. The van der Waals surface area contributed by atoms with Crippen molar-refractivity contribution < 1.29 is 32.9 Å². The largest absolute Gasteiger partial charge is 0.472 e. The molecule has 3 unspecified atom stereocenters. The summed E-state index contributed by atoms with van der Waals surface area (Å²) >= 11 is 0. The number of phosphoric ester groups is 1. The van der Waals surface area contributed by atoms with E-state index in [-0.39, 0.29) is 19.1 Å². The second kappa shape index (κ2) is 64.1. The number of likely N-dealkylation sites (N-methyl/N-ethyl adjacent to an activating group) is 1. The van der Waals surface area contributed by atoms with Crippen molar-refractivity contribution in [1.82, 2.24) is 5.32 Å². The average molecular weight is 1190 g/mol. The number of aliphatic hydroxyl groups excluding tert-OH is 1. The van der Waals surface area contributed by atoms with Crippen LogP contribution < -0.4 is 5.32 Å². The lowest BCUT2D eigenvalue weighted by molar-refractivity contribution is -0.870. The van der Waals surface area contributed by atoms with Crippen LogP contribution in [-0.2, 0) is 18.4 Å². The molecule has 0 spiro atoms. The third kappa shape index (κ3) is 66.2. The molecule has 0 saturated carbocycles. The number of carbonyl (C=O) groups is 1. The third-order valence-electron chi connectivity index (χ3n) is 14.8. The first-order valence-corrected chi connectivity index (χ1v) is 36.1. The fourth-order valence-corrected chi connectivity index (χ4v) is 10.2. The lowest BCUT2D eigenvalue weighted by Gasteiger charge is -2.25. The molecule has 0 aliphatic carbocycles. The highest BCUT2D eigenvalue weighted by molar-refractivity contribution is 7.47. The minimum atomic E-state index is -4.38. The molecule has 1 amide bonds. The summed E-state index contributed by atoms with van der Waals surface area (Å²) in [5, 5.41) is 14.0. The molecule has 0 bridgehead atoms. The predicted octanol–water partition coefficient (Wildman–Crippen LogP) is 22.2. The zero-order valence-electron chi connectivity index (χ0n) is 55.1. The Morgan fingerprint density at radius 1 is 0.417 bits per heavy atom. The van der Waals surface area contributed by atoms with Crippen LogP contribution in [0.5, 0.6) is 0 Å². The topological polar surface area (TPSA) is 105 Å². The number of nitrogens with one attached hydrogen (secondary N) is 1. The SMILES string of the molecule is CC/C=C\C/C=C\C/C=C\C/C=C\C/C=C\C/C=C\C/C=C\C/C=C\CCCCCCCCCCCCC(=O)NC(COP(=O)(O)OCC[N+](C)(C)C)C(O)/C=C/CC/C=C/CC/C=C/CCCCCCCCCCCCCCCCCCC. The maximum atomic E-state index is 13.0. The van der Waals surface area contributed by atoms with Crippen molar-refractivity contribution in [2.24, 2.45) is 0 Å². The van der Waals surface area contributed by atoms with E-state index in [2.05, 4.69) is 141 Å². The second-order valence-corrected chi connectivity index (χ2v) is 25.6. The van der Waals surface area contributed by atoms with Crippen LogP contribution in [0.15, 0.2) is 134 Å². The van der Waals surface area contributed by atoms with Crippen molar-refractivity contribution in [1.29, 1.82) is 0 Å². The maximum Gasteiger partial charge on any atom is 0.472 e. The van der Waals surface area contributed by atoms with Gasteiger partial charge in [0.05, 0.1) is 39.9 Å². The number of quaternary nitrogens is 1. The molecule has 0 aromatic carbocycles. The number of allylic oxidation sites excluding steroid dienone is 21. The van der Waals surface area contributed by atoms with Crippen LogP contribution in [0.25, 0.3) is 0 Å². The molecule has 84 heavy (non-hydrogen) atoms. The predicted molar refractivity (Wildman–Crippen MR) is 368 cm³/mol. The zero-order chi connectivity index (χ0) is 61.2. The first-order valence-electron chi connectivity index (χ1n) is 34.6. The monoisotopic (exact) mass is 1190 g/mol. The van der Waals surface area contributed by atoms with Gasteiger partial charge in [-0.3, -0.25) is 13.8 Å². The summed E-state index contributed by atoms with van der Waals surface area (Å²) < 4.78 is 23.8. The highest BCUT2D eigenvalue weighted by Crippen LogP contribution is 2.43. The molecule has 0 aliphatic rings. The molecule has 482 valence electrons. The van der Waals surface area contributed by atoms with E-state index in [1.807, 2.05) is 27.2 Å². The first-order chi connectivity index (χ1) is 41.0. The Morgan fingerprint density at radius 3 is 1.10 bits per heavy atom. The van der Waals surface area contributed by atoms with Crippen molar-refractivity contribution in [2.45, 2.75) is 296 Å². The van der Waals surface area contributed by atoms with Crippen LogP contribution in [0.4, 0.5) is 0 Å². The molecule has 0 rings (SSSR count). The van der Waals surface area contributed by atoms with Gasteiger partial charge in [0.15, 0.2) is 0 Å². The Hall–Kier alpha value is -3.36. The van der Waals surface area contributed by atoms with Gasteiger partial charge in [0.2, 0.25) is 5.91 Å². The van der Waals surface area contributed by atoms with E-state index in [4.69, 9.17) is 9.05 Å². The van der Waals surface area contributed by atoms with Crippen LogP contribution in [0.1, 0.15) is 284 Å². The summed E-state index contributed by atoms with van der Waals surface area (Å²) in [5.74, 6) is -0.199. The number of unbranched alkanes of at least 4 members (excludes halogenated alkanes) is 29. The van der Waals surface area contributed by atoms with Crippen LogP contribution in [0, 0.1) is 0 Å². The first kappa shape index (κ1) is 80.6. The number of hydrogen-bond donors (Lipinski definition) is 3. The Bertz CT molecular complexity index is 1830. The third-order valence-corrected chi connectivity index (χ3v) is 15.8. The van der Waals surface area contributed by atoms with Gasteiger partial charge in [0.1, 0.15) is 13.2 Å². The molecule has 0 heterocycles. The van der Waals surface area contributed by atoms with Crippen molar-refractivity contribution in [3.8, 4) is 0 Å². The van der Waals surface area contributed by atoms with Gasteiger partial charge in [-0.15, -0.1) is 0 Å². The molecular formula is C75H132N2O6P+. The smallest absolute Gasteiger partial charge is 0.387 e. The van der Waals surface area contributed by atoms with E-state index < -0.39 is 20.0 Å². The Morgan fingerprint density at radius 2 is 0.726 bits per heavy atom. The standard InChI is InChI=1S/C75H131N2O6P/c1-6-8-10-12-14-16-18-20-22-24-26-28-30-32-34-35-36-37-38-39-40-41-43-45-47-49-51-53-55-57-59-61-63-65-67-69-75(79)76-73(72-83-84(80,81)82-71-70-77(3,4)5)74(78)68-66-64-62-60-58-56-54-52-50-48-46-44-42-33-31-29-27-25-23-21-19-17-15-13-11-9-7-2/h8,10,14,16,20,22,26,28,32,34,36-37,39-40,43,45,50,52,58,60,66,68,73-74,78H,6-7,9,11-13,15,17-19,21,23-25,27,29-31,33,35,38,41-42,44,46-49,51,53-57,59,61-65,67,69-72H2,1-5H3,(H-,76,79,80,81)/p+1/b10-8-,16-14-,22-20-,28-26-,34-32-,37-36-,40-39-,45-43-,52-50+,60-58+,68-66+.